The molecule has 1 N–H and O–H groups in total. The van der Waals surface area contributed by atoms with Gasteiger partial charge in [0.15, 0.2) is 0 Å². The van der Waals surface area contributed by atoms with E-state index in [0.717, 1.165) is 0 Å². The van der Waals surface area contributed by atoms with Crippen molar-refractivity contribution in [2.75, 3.05) is 17.4 Å². The molecule has 2 aromatic rings. The standard InChI is InChI=1S/C22H25ClN2O5S/c1-4-14-25(19-10-8-18(23)9-11-19)31(28,29)20-7-5-6-17(15-20)22(27)24-13-12-21(26)30-16(2)3/h4-11,15-16H,1,12-14H2,2-3H3,(H,24,27). The van der Waals surface area contributed by atoms with Gasteiger partial charge in [-0.05, 0) is 56.3 Å². The van der Waals surface area contributed by atoms with Crippen LogP contribution in [0.25, 0.3) is 0 Å². The summed E-state index contributed by atoms with van der Waals surface area (Å²) in [6, 6.07) is 12.1. The number of rotatable bonds is 10. The van der Waals surface area contributed by atoms with E-state index >= 15 is 0 Å². The summed E-state index contributed by atoms with van der Waals surface area (Å²) >= 11 is 5.90. The number of hydrogen-bond acceptors (Lipinski definition) is 5. The fraction of sp³-hybridized carbons (Fsp3) is 0.273. The van der Waals surface area contributed by atoms with E-state index in [2.05, 4.69) is 11.9 Å². The predicted molar refractivity (Wildman–Crippen MR) is 121 cm³/mol. The molecule has 0 unspecified atom stereocenters. The number of benzene rings is 2. The SMILES string of the molecule is C=CCN(c1ccc(Cl)cc1)S(=O)(=O)c1cccc(C(=O)NCCC(=O)OC(C)C)c1. The second kappa shape index (κ2) is 11.0. The zero-order chi connectivity index (χ0) is 23.0. The van der Waals surface area contributed by atoms with Crippen molar-refractivity contribution in [1.82, 2.24) is 5.32 Å². The van der Waals surface area contributed by atoms with Crippen molar-refractivity contribution in [3.63, 3.8) is 0 Å². The maximum absolute atomic E-state index is 13.2. The molecule has 0 spiro atoms. The van der Waals surface area contributed by atoms with Crippen LogP contribution in [0.5, 0.6) is 0 Å². The van der Waals surface area contributed by atoms with Crippen LogP contribution in [0.1, 0.15) is 30.6 Å². The molecule has 0 aromatic heterocycles. The van der Waals surface area contributed by atoms with Gasteiger partial charge in [-0.1, -0.05) is 23.7 Å². The number of sulfonamides is 1. The largest absolute Gasteiger partial charge is 0.463 e. The van der Waals surface area contributed by atoms with Gasteiger partial charge in [-0.2, -0.15) is 0 Å². The average Bonchev–Trinajstić information content (AvgIpc) is 2.72. The highest BCUT2D eigenvalue weighted by atomic mass is 35.5. The Kier molecular flexibility index (Phi) is 8.65. The van der Waals surface area contributed by atoms with Gasteiger partial charge < -0.3 is 10.1 Å². The Morgan fingerprint density at radius 3 is 2.48 bits per heavy atom. The van der Waals surface area contributed by atoms with Gasteiger partial charge in [0.1, 0.15) is 0 Å². The molecule has 0 aliphatic heterocycles. The number of nitrogens with zero attached hydrogens (tertiary/aromatic N) is 1. The summed E-state index contributed by atoms with van der Waals surface area (Å²) in [7, 11) is -3.97. The molecule has 31 heavy (non-hydrogen) atoms. The molecule has 0 aliphatic carbocycles. The van der Waals surface area contributed by atoms with Crippen molar-refractivity contribution in [2.45, 2.75) is 31.3 Å². The number of anilines is 1. The number of amides is 1. The second-order valence-electron chi connectivity index (χ2n) is 6.87. The highest BCUT2D eigenvalue weighted by molar-refractivity contribution is 7.92. The minimum Gasteiger partial charge on any atom is -0.463 e. The minimum atomic E-state index is -3.97. The van der Waals surface area contributed by atoms with Crippen LogP contribution in [-0.2, 0) is 19.6 Å². The molecule has 2 rings (SSSR count). The Morgan fingerprint density at radius 2 is 1.87 bits per heavy atom. The van der Waals surface area contributed by atoms with Crippen LogP contribution in [0.3, 0.4) is 0 Å². The monoisotopic (exact) mass is 464 g/mol. The first-order chi connectivity index (χ1) is 14.6. The number of halogens is 1. The van der Waals surface area contributed by atoms with E-state index in [0.29, 0.717) is 10.7 Å². The molecule has 0 saturated carbocycles. The van der Waals surface area contributed by atoms with Crippen LogP contribution in [0.15, 0.2) is 66.1 Å². The summed E-state index contributed by atoms with van der Waals surface area (Å²) < 4.78 is 32.7. The van der Waals surface area contributed by atoms with E-state index in [1.54, 1.807) is 38.1 Å². The van der Waals surface area contributed by atoms with Crippen LogP contribution < -0.4 is 9.62 Å². The lowest BCUT2D eigenvalue weighted by molar-refractivity contribution is -0.147. The van der Waals surface area contributed by atoms with Crippen LogP contribution in [0.4, 0.5) is 5.69 Å². The van der Waals surface area contributed by atoms with E-state index < -0.39 is 21.9 Å². The summed E-state index contributed by atoms with van der Waals surface area (Å²) in [5, 5.41) is 3.08. The summed E-state index contributed by atoms with van der Waals surface area (Å²) in [5.41, 5.74) is 0.579. The Labute approximate surface area is 187 Å². The van der Waals surface area contributed by atoms with Gasteiger partial charge >= 0.3 is 5.97 Å². The lowest BCUT2D eigenvalue weighted by Crippen LogP contribution is -2.31. The van der Waals surface area contributed by atoms with Crippen molar-refractivity contribution in [2.24, 2.45) is 0 Å². The van der Waals surface area contributed by atoms with Crippen molar-refractivity contribution in [1.29, 1.82) is 0 Å². The van der Waals surface area contributed by atoms with Crippen LogP contribution in [0.2, 0.25) is 5.02 Å². The quantitative estimate of drug-likeness (QED) is 0.426. The molecular formula is C22H25ClN2O5S. The second-order valence-corrected chi connectivity index (χ2v) is 9.17. The zero-order valence-corrected chi connectivity index (χ0v) is 18.9. The van der Waals surface area contributed by atoms with Crippen LogP contribution in [0, 0.1) is 0 Å². The lowest BCUT2D eigenvalue weighted by Gasteiger charge is -2.23. The number of carbonyl (C=O) groups is 2. The molecule has 0 aliphatic rings. The first-order valence-corrected chi connectivity index (χ1v) is 11.4. The molecule has 0 atom stereocenters. The molecule has 0 bridgehead atoms. The van der Waals surface area contributed by atoms with Crippen molar-refractivity contribution in [3.05, 3.63) is 71.8 Å². The fourth-order valence-corrected chi connectivity index (χ4v) is 4.30. The first-order valence-electron chi connectivity index (χ1n) is 9.62. The zero-order valence-electron chi connectivity index (χ0n) is 17.4. The molecule has 1 amide bonds. The predicted octanol–water partition coefficient (Wildman–Crippen LogP) is 3.79. The van der Waals surface area contributed by atoms with Crippen LogP contribution >= 0.6 is 11.6 Å². The maximum Gasteiger partial charge on any atom is 0.307 e. The van der Waals surface area contributed by atoms with E-state index in [-0.39, 0.29) is 36.1 Å². The Hall–Kier alpha value is -2.84. The third kappa shape index (κ3) is 6.83. The number of hydrogen-bond donors (Lipinski definition) is 1. The molecule has 0 radical (unpaired) electrons. The summed E-state index contributed by atoms with van der Waals surface area (Å²) in [5.74, 6) is -0.911. The van der Waals surface area contributed by atoms with Gasteiger partial charge in [0, 0.05) is 17.1 Å². The summed E-state index contributed by atoms with van der Waals surface area (Å²) in [4.78, 5) is 24.0. The normalized spacial score (nSPS) is 11.1. The maximum atomic E-state index is 13.2. The Bertz CT molecular complexity index is 1040. The van der Waals surface area contributed by atoms with Crippen molar-refractivity contribution >= 4 is 39.2 Å². The first kappa shape index (κ1) is 24.4. The smallest absolute Gasteiger partial charge is 0.307 e. The fourth-order valence-electron chi connectivity index (χ4n) is 2.69. The molecule has 2 aromatic carbocycles. The highest BCUT2D eigenvalue weighted by Gasteiger charge is 2.25. The third-order valence-electron chi connectivity index (χ3n) is 4.08. The van der Waals surface area contributed by atoms with Crippen molar-refractivity contribution in [3.8, 4) is 0 Å². The molecule has 0 heterocycles. The third-order valence-corrected chi connectivity index (χ3v) is 6.12. The molecular weight excluding hydrogens is 440 g/mol. The lowest BCUT2D eigenvalue weighted by atomic mass is 10.2. The van der Waals surface area contributed by atoms with Gasteiger partial charge in [-0.15, -0.1) is 6.58 Å². The van der Waals surface area contributed by atoms with Gasteiger partial charge in [-0.3, -0.25) is 13.9 Å². The molecule has 0 fully saturated rings. The topological polar surface area (TPSA) is 92.8 Å². The van der Waals surface area contributed by atoms with Gasteiger partial charge in [0.2, 0.25) is 0 Å². The number of nitrogens with one attached hydrogen (secondary N) is 1. The van der Waals surface area contributed by atoms with Crippen LogP contribution in [-0.4, -0.2) is 39.5 Å². The minimum absolute atomic E-state index is 0.0194. The molecule has 7 nitrogen and oxygen atoms in total. The molecule has 9 heteroatoms. The van der Waals surface area contributed by atoms with E-state index in [1.807, 2.05) is 0 Å². The van der Waals surface area contributed by atoms with Gasteiger partial charge in [0.05, 0.1) is 29.7 Å². The average molecular weight is 465 g/mol. The number of esters is 1. The summed E-state index contributed by atoms with van der Waals surface area (Å²) in [6.07, 6.45) is 1.26. The Morgan fingerprint density at radius 1 is 1.19 bits per heavy atom. The van der Waals surface area contributed by atoms with Gasteiger partial charge in [-0.25, -0.2) is 8.42 Å². The van der Waals surface area contributed by atoms with Crippen molar-refractivity contribution < 1.29 is 22.7 Å². The van der Waals surface area contributed by atoms with E-state index in [9.17, 15) is 18.0 Å². The number of ether oxygens (including phenoxy) is 1. The van der Waals surface area contributed by atoms with E-state index in [1.165, 1.54) is 34.6 Å². The highest BCUT2D eigenvalue weighted by Crippen LogP contribution is 2.25. The molecule has 166 valence electrons. The number of carbonyl (C=O) groups excluding carboxylic acids is 2. The molecule has 0 saturated heterocycles. The summed E-state index contributed by atoms with van der Waals surface area (Å²) in [6.45, 7) is 7.22. The Balaban J connectivity index is 2.19. The van der Waals surface area contributed by atoms with Gasteiger partial charge in [0.25, 0.3) is 15.9 Å². The van der Waals surface area contributed by atoms with E-state index in [4.69, 9.17) is 16.3 Å².